The van der Waals surface area contributed by atoms with Crippen molar-refractivity contribution in [1.29, 1.82) is 0 Å². The average molecular weight is 555 g/mol. The average Bonchev–Trinajstić information content (AvgIpc) is 3.30. The molecule has 0 fully saturated rings. The number of hydrogen-bond acceptors (Lipinski definition) is 8. The third-order valence-electron chi connectivity index (χ3n) is 7.45. The van der Waals surface area contributed by atoms with Crippen molar-refractivity contribution in [1.82, 2.24) is 14.5 Å². The molecule has 3 aliphatic rings. The van der Waals surface area contributed by atoms with Crippen LogP contribution in [0.2, 0.25) is 0 Å². The van der Waals surface area contributed by atoms with Gasteiger partial charge in [-0.1, -0.05) is 13.8 Å². The maximum atomic E-state index is 14.5. The summed E-state index contributed by atoms with van der Waals surface area (Å²) in [7, 11) is 1.72. The van der Waals surface area contributed by atoms with Crippen LogP contribution in [0.5, 0.6) is 0 Å². The van der Waals surface area contributed by atoms with Crippen LogP contribution in [0.25, 0.3) is 22.3 Å². The van der Waals surface area contributed by atoms with Crippen molar-refractivity contribution in [2.24, 2.45) is 5.73 Å². The Labute approximate surface area is 231 Å². The van der Waals surface area contributed by atoms with Gasteiger partial charge >= 0.3 is 5.97 Å². The van der Waals surface area contributed by atoms with E-state index in [9.17, 15) is 23.9 Å². The molecule has 0 saturated carbocycles. The molecule has 0 saturated heterocycles. The zero-order valence-electron chi connectivity index (χ0n) is 23.2. The van der Waals surface area contributed by atoms with Crippen molar-refractivity contribution in [3.05, 3.63) is 61.7 Å². The van der Waals surface area contributed by atoms with Gasteiger partial charge in [-0.3, -0.25) is 14.5 Å². The number of aromatic nitrogens is 2. The topological polar surface area (TPSA) is 148 Å². The van der Waals surface area contributed by atoms with Gasteiger partial charge in [-0.15, -0.1) is 0 Å². The molecular weight excluding hydrogens is 519 g/mol. The summed E-state index contributed by atoms with van der Waals surface area (Å²) in [5, 5.41) is 19.6. The fraction of sp³-hybridized carbons (Fsp3) is 0.448. The van der Waals surface area contributed by atoms with Gasteiger partial charge in [-0.05, 0) is 56.0 Å². The Hall–Kier alpha value is -3.67. The monoisotopic (exact) mass is 554 g/mol. The number of benzene rings is 1. The summed E-state index contributed by atoms with van der Waals surface area (Å²) in [6, 6.07) is 3.13. The second kappa shape index (κ2) is 11.8. The Morgan fingerprint density at radius 2 is 1.90 bits per heavy atom. The van der Waals surface area contributed by atoms with Crippen LogP contribution >= 0.6 is 0 Å². The lowest BCUT2D eigenvalue weighted by Crippen LogP contribution is -2.32. The minimum absolute atomic E-state index is 0.0593. The van der Waals surface area contributed by atoms with E-state index in [1.165, 1.54) is 6.07 Å². The van der Waals surface area contributed by atoms with E-state index in [0.717, 1.165) is 41.3 Å². The molecular formula is C29H35FN4O6. The zero-order chi connectivity index (χ0) is 29.3. The lowest BCUT2D eigenvalue weighted by atomic mass is 9.85. The Balaban J connectivity index is 0.000000290. The van der Waals surface area contributed by atoms with Gasteiger partial charge in [0, 0.05) is 29.1 Å². The largest absolute Gasteiger partial charge is 0.458 e. The van der Waals surface area contributed by atoms with Crippen LogP contribution in [0.3, 0.4) is 0 Å². The number of esters is 1. The summed E-state index contributed by atoms with van der Waals surface area (Å²) in [5.41, 5.74) is 10.7. The number of hydrogen-bond donors (Lipinski definition) is 3. The Morgan fingerprint density at radius 1 is 1.20 bits per heavy atom. The number of fused-ring (bicyclic) bond motifs is 5. The van der Waals surface area contributed by atoms with Crippen molar-refractivity contribution >= 4 is 22.8 Å². The van der Waals surface area contributed by atoms with E-state index < -0.39 is 12.1 Å². The summed E-state index contributed by atoms with van der Waals surface area (Å²) in [6.07, 6.45) is 1.12. The number of likely N-dealkylation sites (N-methyl/N-ethyl adjacent to an activating group) is 1. The van der Waals surface area contributed by atoms with Gasteiger partial charge in [0.25, 0.3) is 5.56 Å². The number of pyridine rings is 2. The molecule has 2 aliphatic heterocycles. The summed E-state index contributed by atoms with van der Waals surface area (Å²) < 4.78 is 21.1. The number of ether oxygens (including phenoxy) is 1. The molecule has 1 atom stereocenters. The van der Waals surface area contributed by atoms with Crippen LogP contribution < -0.4 is 11.3 Å². The highest BCUT2D eigenvalue weighted by atomic mass is 19.1. The minimum atomic E-state index is -1.48. The van der Waals surface area contributed by atoms with Crippen molar-refractivity contribution in [3.8, 4) is 11.4 Å². The van der Waals surface area contributed by atoms with Gasteiger partial charge in [0.15, 0.2) is 6.10 Å². The molecule has 10 nitrogen and oxygen atoms in total. The normalized spacial score (nSPS) is 16.2. The maximum absolute atomic E-state index is 14.5. The van der Waals surface area contributed by atoms with Crippen molar-refractivity contribution < 1.29 is 28.9 Å². The number of aryl methyl sites for hydroxylation is 2. The molecule has 40 heavy (non-hydrogen) atoms. The minimum Gasteiger partial charge on any atom is -0.458 e. The molecule has 214 valence electrons. The lowest BCUT2D eigenvalue weighted by Gasteiger charge is -2.22. The van der Waals surface area contributed by atoms with Crippen molar-refractivity contribution in [3.63, 3.8) is 0 Å². The Morgan fingerprint density at radius 3 is 2.58 bits per heavy atom. The first-order valence-corrected chi connectivity index (χ1v) is 13.4. The SMILES string of the molecule is CC.CN(CCO)CC(N)=O.Cc1c(F)cc2nc3c(c4c2c1CCC4)Cn1c-3cc2c(c1=O)COC(=O)C2O. The number of aliphatic hydroxyl groups is 2. The van der Waals surface area contributed by atoms with Crippen LogP contribution in [-0.4, -0.2) is 63.3 Å². The quantitative estimate of drug-likeness (QED) is 0.324. The molecule has 4 N–H and O–H groups in total. The van der Waals surface area contributed by atoms with E-state index in [2.05, 4.69) is 0 Å². The highest BCUT2D eigenvalue weighted by Gasteiger charge is 2.35. The van der Waals surface area contributed by atoms with E-state index >= 15 is 0 Å². The third kappa shape index (κ3) is 5.12. The molecule has 1 unspecified atom stereocenters. The molecule has 1 amide bonds. The van der Waals surface area contributed by atoms with Crippen LogP contribution in [0.1, 0.15) is 59.8 Å². The van der Waals surface area contributed by atoms with E-state index in [0.29, 0.717) is 41.1 Å². The maximum Gasteiger partial charge on any atom is 0.340 e. The second-order valence-corrected chi connectivity index (χ2v) is 9.92. The van der Waals surface area contributed by atoms with Gasteiger partial charge in [0.1, 0.15) is 12.4 Å². The number of rotatable bonds is 4. The number of carbonyl (C=O) groups excluding carboxylic acids is 2. The number of aliphatic hydroxyl groups excluding tert-OH is 2. The summed E-state index contributed by atoms with van der Waals surface area (Å²) in [5.74, 6) is -1.40. The van der Waals surface area contributed by atoms with Crippen LogP contribution in [0.4, 0.5) is 4.39 Å². The van der Waals surface area contributed by atoms with Crippen LogP contribution in [0.15, 0.2) is 16.9 Å². The molecule has 1 aliphatic carbocycles. The summed E-state index contributed by atoms with van der Waals surface area (Å²) in [4.78, 5) is 41.4. The van der Waals surface area contributed by atoms with Crippen LogP contribution in [-0.2, 0) is 40.3 Å². The first-order chi connectivity index (χ1) is 19.1. The summed E-state index contributed by atoms with van der Waals surface area (Å²) in [6.45, 7) is 6.80. The first kappa shape index (κ1) is 29.3. The number of primary amides is 1. The third-order valence-corrected chi connectivity index (χ3v) is 7.45. The van der Waals surface area contributed by atoms with E-state index in [4.69, 9.17) is 20.6 Å². The fourth-order valence-electron chi connectivity index (χ4n) is 5.58. The number of nitrogens with zero attached hydrogens (tertiary/aromatic N) is 3. The van der Waals surface area contributed by atoms with Crippen LogP contribution in [0, 0.1) is 12.7 Å². The highest BCUT2D eigenvalue weighted by Crippen LogP contribution is 2.41. The van der Waals surface area contributed by atoms with Gasteiger partial charge in [-0.2, -0.15) is 0 Å². The van der Waals surface area contributed by atoms with Gasteiger partial charge in [0.2, 0.25) is 5.91 Å². The van der Waals surface area contributed by atoms with Gasteiger partial charge < -0.3 is 25.3 Å². The van der Waals surface area contributed by atoms with Crippen molar-refractivity contribution in [2.45, 2.75) is 59.3 Å². The molecule has 0 spiro atoms. The fourth-order valence-corrected chi connectivity index (χ4v) is 5.58. The predicted octanol–water partition coefficient (Wildman–Crippen LogP) is 1.87. The molecule has 11 heteroatoms. The summed E-state index contributed by atoms with van der Waals surface area (Å²) >= 11 is 0. The Kier molecular flexibility index (Phi) is 8.67. The van der Waals surface area contributed by atoms with Gasteiger partial charge in [0.05, 0.1) is 42.2 Å². The molecule has 4 heterocycles. The van der Waals surface area contributed by atoms with E-state index in [-0.39, 0.29) is 42.6 Å². The number of nitrogens with two attached hydrogens (primary N) is 1. The molecule has 6 rings (SSSR count). The molecule has 3 aromatic rings. The smallest absolute Gasteiger partial charge is 0.340 e. The number of amides is 1. The zero-order valence-corrected chi connectivity index (χ0v) is 23.2. The predicted molar refractivity (Wildman–Crippen MR) is 147 cm³/mol. The highest BCUT2D eigenvalue weighted by molar-refractivity contribution is 5.92. The number of cyclic esters (lactones) is 1. The van der Waals surface area contributed by atoms with E-state index in [1.54, 1.807) is 29.5 Å². The molecule has 2 aromatic heterocycles. The lowest BCUT2D eigenvalue weighted by molar-refractivity contribution is -0.157. The molecule has 0 radical (unpaired) electrons. The first-order valence-electron chi connectivity index (χ1n) is 13.4. The van der Waals surface area contributed by atoms with Gasteiger partial charge in [-0.25, -0.2) is 14.2 Å². The van der Waals surface area contributed by atoms with E-state index in [1.807, 2.05) is 13.8 Å². The molecule has 1 aromatic carbocycles. The number of carbonyl (C=O) groups is 2. The second-order valence-electron chi connectivity index (χ2n) is 9.92. The Bertz CT molecular complexity index is 1550. The molecule has 0 bridgehead atoms. The number of halogens is 1. The van der Waals surface area contributed by atoms with Crippen molar-refractivity contribution in [2.75, 3.05) is 26.7 Å². The standard InChI is InChI=1S/C22H17FN2O4.C5H12N2O2.C2H6/c1-9-10-3-2-4-11-13-7-25-17(19(13)24-16(18(10)11)6-15(9)23)5-12-14(21(25)27)8-29-22(28)20(12)26;1-7(2-3-8)4-5(6)9;1-2/h5-6,20,26H,2-4,7-8H2,1H3;8H,2-4H2,1H3,(H2,6,9);1-2H3.